The topological polar surface area (TPSA) is 55.0 Å². The molecule has 4 nitrogen and oxygen atoms in total. The van der Waals surface area contributed by atoms with Crippen LogP contribution in [0.25, 0.3) is 0 Å². The van der Waals surface area contributed by atoms with Crippen LogP contribution >= 0.6 is 12.2 Å². The van der Waals surface area contributed by atoms with E-state index in [1.165, 1.54) is 0 Å². The van der Waals surface area contributed by atoms with Gasteiger partial charge in [-0.1, -0.05) is 26.1 Å². The number of benzene rings is 1. The molecule has 0 atom stereocenters. The molecule has 0 aliphatic carbocycles. The van der Waals surface area contributed by atoms with Crippen molar-refractivity contribution >= 4 is 28.8 Å². The fourth-order valence-electron chi connectivity index (χ4n) is 1.99. The number of nitrogens with two attached hydrogens (primary N) is 1. The molecular formula is C16H20N4S. The first-order valence-corrected chi connectivity index (χ1v) is 7.28. The highest BCUT2D eigenvalue weighted by molar-refractivity contribution is 7.80. The molecule has 2 N–H and O–H groups in total. The number of aryl methyl sites for hydroxylation is 1. The van der Waals surface area contributed by atoms with Crippen LogP contribution in [0, 0.1) is 6.92 Å². The first-order chi connectivity index (χ1) is 9.88. The lowest BCUT2D eigenvalue weighted by molar-refractivity contribution is 0.804. The minimum absolute atomic E-state index is 0.371. The van der Waals surface area contributed by atoms with E-state index in [1.54, 1.807) is 0 Å². The van der Waals surface area contributed by atoms with Crippen molar-refractivity contribution in [1.82, 2.24) is 9.97 Å². The minimum atomic E-state index is 0.371. The van der Waals surface area contributed by atoms with Crippen LogP contribution in [0.4, 0.5) is 11.6 Å². The molecule has 0 amide bonds. The Labute approximate surface area is 131 Å². The van der Waals surface area contributed by atoms with Crippen LogP contribution in [0.5, 0.6) is 0 Å². The standard InChI is InChI=1S/C16H20N4S/c1-10(2)14-9-11(3)18-16(19-14)20(4)13-7-5-12(6-8-13)15(17)21/h5-10H,1-4H3,(H2,17,21). The van der Waals surface area contributed by atoms with E-state index < -0.39 is 0 Å². The summed E-state index contributed by atoms with van der Waals surface area (Å²) in [4.78, 5) is 11.5. The molecule has 110 valence electrons. The van der Waals surface area contributed by atoms with Gasteiger partial charge in [0.15, 0.2) is 0 Å². The van der Waals surface area contributed by atoms with Gasteiger partial charge in [-0.3, -0.25) is 0 Å². The fraction of sp³-hybridized carbons (Fsp3) is 0.312. The Bertz CT molecular complexity index is 650. The van der Waals surface area contributed by atoms with Crippen LogP contribution in [0.15, 0.2) is 30.3 Å². The summed E-state index contributed by atoms with van der Waals surface area (Å²) in [5.41, 5.74) is 9.48. The lowest BCUT2D eigenvalue weighted by Crippen LogP contribution is -2.15. The van der Waals surface area contributed by atoms with E-state index in [9.17, 15) is 0 Å². The molecule has 0 aliphatic rings. The van der Waals surface area contributed by atoms with E-state index in [2.05, 4.69) is 23.8 Å². The number of hydrogen-bond donors (Lipinski definition) is 1. The third kappa shape index (κ3) is 3.55. The van der Waals surface area contributed by atoms with E-state index in [4.69, 9.17) is 18.0 Å². The molecule has 0 radical (unpaired) electrons. The maximum atomic E-state index is 5.62. The third-order valence-corrected chi connectivity index (χ3v) is 3.53. The van der Waals surface area contributed by atoms with Gasteiger partial charge in [-0.05, 0) is 43.2 Å². The Balaban J connectivity index is 2.35. The average Bonchev–Trinajstić information content (AvgIpc) is 2.45. The molecule has 2 rings (SSSR count). The fourth-order valence-corrected chi connectivity index (χ4v) is 2.12. The highest BCUT2D eigenvalue weighted by Gasteiger charge is 2.11. The van der Waals surface area contributed by atoms with Crippen LogP contribution in [-0.4, -0.2) is 22.0 Å². The average molecular weight is 300 g/mol. The summed E-state index contributed by atoms with van der Waals surface area (Å²) in [5, 5.41) is 0. The summed E-state index contributed by atoms with van der Waals surface area (Å²) in [6, 6.07) is 9.78. The van der Waals surface area contributed by atoms with Gasteiger partial charge in [-0.15, -0.1) is 0 Å². The quantitative estimate of drug-likeness (QED) is 0.878. The number of hydrogen-bond acceptors (Lipinski definition) is 4. The van der Waals surface area contributed by atoms with Crippen molar-refractivity contribution in [2.24, 2.45) is 5.73 Å². The summed E-state index contributed by atoms with van der Waals surface area (Å²) in [5.74, 6) is 1.07. The molecule has 1 aromatic carbocycles. The monoisotopic (exact) mass is 300 g/mol. The lowest BCUT2D eigenvalue weighted by Gasteiger charge is -2.19. The molecule has 21 heavy (non-hydrogen) atoms. The molecular weight excluding hydrogens is 280 g/mol. The molecule has 2 aromatic rings. The van der Waals surface area contributed by atoms with Gasteiger partial charge in [0.1, 0.15) is 4.99 Å². The van der Waals surface area contributed by atoms with E-state index in [0.29, 0.717) is 16.9 Å². The van der Waals surface area contributed by atoms with Gasteiger partial charge in [-0.2, -0.15) is 0 Å². The molecule has 5 heteroatoms. The molecule has 0 bridgehead atoms. The van der Waals surface area contributed by atoms with E-state index >= 15 is 0 Å². The second kappa shape index (κ2) is 6.18. The second-order valence-electron chi connectivity index (χ2n) is 5.36. The van der Waals surface area contributed by atoms with Gasteiger partial charge < -0.3 is 10.6 Å². The van der Waals surface area contributed by atoms with Crippen molar-refractivity contribution < 1.29 is 0 Å². The molecule has 1 aromatic heterocycles. The number of nitrogens with zero attached hydrogens (tertiary/aromatic N) is 3. The smallest absolute Gasteiger partial charge is 0.230 e. The molecule has 0 spiro atoms. The summed E-state index contributed by atoms with van der Waals surface area (Å²) < 4.78 is 0. The zero-order valence-electron chi connectivity index (χ0n) is 12.8. The van der Waals surface area contributed by atoms with Gasteiger partial charge in [0.25, 0.3) is 0 Å². The highest BCUT2D eigenvalue weighted by Crippen LogP contribution is 2.23. The predicted molar refractivity (Wildman–Crippen MR) is 91.3 cm³/mol. The summed E-state index contributed by atoms with van der Waals surface area (Å²) >= 11 is 4.97. The maximum absolute atomic E-state index is 5.62. The Morgan fingerprint density at radius 2 is 1.81 bits per heavy atom. The number of aromatic nitrogens is 2. The Morgan fingerprint density at radius 1 is 1.19 bits per heavy atom. The molecule has 0 aliphatic heterocycles. The Kier molecular flexibility index (Phi) is 4.53. The normalized spacial score (nSPS) is 10.7. The SMILES string of the molecule is Cc1cc(C(C)C)nc(N(C)c2ccc(C(N)=S)cc2)n1. The Hall–Kier alpha value is -2.01. The molecule has 0 unspecified atom stereocenters. The number of rotatable bonds is 4. The van der Waals surface area contributed by atoms with Gasteiger partial charge in [0.2, 0.25) is 5.95 Å². The third-order valence-electron chi connectivity index (χ3n) is 3.29. The van der Waals surface area contributed by atoms with Crippen molar-refractivity contribution in [3.05, 3.63) is 47.3 Å². The number of anilines is 2. The van der Waals surface area contributed by atoms with Crippen molar-refractivity contribution in [3.63, 3.8) is 0 Å². The molecule has 0 saturated carbocycles. The van der Waals surface area contributed by atoms with Crippen molar-refractivity contribution in [2.75, 3.05) is 11.9 Å². The molecule has 0 saturated heterocycles. The van der Waals surface area contributed by atoms with Gasteiger partial charge in [-0.25, -0.2) is 9.97 Å². The second-order valence-corrected chi connectivity index (χ2v) is 5.80. The first kappa shape index (κ1) is 15.4. The zero-order valence-corrected chi connectivity index (χ0v) is 13.6. The summed E-state index contributed by atoms with van der Waals surface area (Å²) in [6.45, 7) is 6.24. The predicted octanol–water partition coefficient (Wildman–Crippen LogP) is 3.31. The van der Waals surface area contributed by atoms with E-state index in [1.807, 2.05) is 49.2 Å². The number of thiocarbonyl (C=S) groups is 1. The minimum Gasteiger partial charge on any atom is -0.389 e. The largest absolute Gasteiger partial charge is 0.389 e. The van der Waals surface area contributed by atoms with Crippen LogP contribution in [0.2, 0.25) is 0 Å². The van der Waals surface area contributed by atoms with Gasteiger partial charge >= 0.3 is 0 Å². The van der Waals surface area contributed by atoms with Crippen LogP contribution in [0.1, 0.15) is 36.7 Å². The first-order valence-electron chi connectivity index (χ1n) is 6.87. The van der Waals surface area contributed by atoms with Crippen LogP contribution < -0.4 is 10.6 Å². The van der Waals surface area contributed by atoms with Crippen molar-refractivity contribution in [2.45, 2.75) is 26.7 Å². The zero-order chi connectivity index (χ0) is 15.6. The highest BCUT2D eigenvalue weighted by atomic mass is 32.1. The van der Waals surface area contributed by atoms with Crippen molar-refractivity contribution in [3.8, 4) is 0 Å². The van der Waals surface area contributed by atoms with E-state index in [-0.39, 0.29) is 0 Å². The van der Waals surface area contributed by atoms with E-state index in [0.717, 1.165) is 22.6 Å². The van der Waals surface area contributed by atoms with Crippen LogP contribution in [0.3, 0.4) is 0 Å². The van der Waals surface area contributed by atoms with Gasteiger partial charge in [0, 0.05) is 29.7 Å². The maximum Gasteiger partial charge on any atom is 0.230 e. The lowest BCUT2D eigenvalue weighted by atomic mass is 10.1. The molecule has 1 heterocycles. The summed E-state index contributed by atoms with van der Waals surface area (Å²) in [7, 11) is 1.95. The summed E-state index contributed by atoms with van der Waals surface area (Å²) in [6.07, 6.45) is 0. The van der Waals surface area contributed by atoms with Gasteiger partial charge in [0.05, 0.1) is 0 Å². The Morgan fingerprint density at radius 3 is 2.33 bits per heavy atom. The van der Waals surface area contributed by atoms with Crippen LogP contribution in [-0.2, 0) is 0 Å². The van der Waals surface area contributed by atoms with Crippen molar-refractivity contribution in [1.29, 1.82) is 0 Å². The molecule has 0 fully saturated rings.